The second kappa shape index (κ2) is 13.0. The first-order chi connectivity index (χ1) is 16.6. The normalized spacial score (nSPS) is 11.9. The summed E-state index contributed by atoms with van der Waals surface area (Å²) < 4.78 is 5.93. The Bertz CT molecular complexity index is 1010. The van der Waals surface area contributed by atoms with Gasteiger partial charge in [-0.25, -0.2) is 4.79 Å². The van der Waals surface area contributed by atoms with Gasteiger partial charge in [-0.3, -0.25) is 0 Å². The summed E-state index contributed by atoms with van der Waals surface area (Å²) in [6, 6.07) is 10.6. The number of nitrogens with zero attached hydrogens (tertiary/aromatic N) is 2. The first-order valence-electron chi connectivity index (χ1n) is 12.5. The third kappa shape index (κ3) is 7.91. The molecule has 0 heterocycles. The molecule has 0 bridgehead atoms. The van der Waals surface area contributed by atoms with Crippen molar-refractivity contribution in [3.05, 3.63) is 53.1 Å². The van der Waals surface area contributed by atoms with E-state index in [1.807, 2.05) is 0 Å². The summed E-state index contributed by atoms with van der Waals surface area (Å²) in [5, 5.41) is 23.8. The molecule has 0 aliphatic heterocycles. The topological polar surface area (TPSA) is 94.4 Å². The molecule has 0 aliphatic rings. The third-order valence-electron chi connectivity index (χ3n) is 5.92. The van der Waals surface area contributed by atoms with Gasteiger partial charge in [0.05, 0.1) is 0 Å². The number of ether oxygens (including phenoxy) is 1. The second-order valence-corrected chi connectivity index (χ2v) is 9.60. The fraction of sp³-hybridized carbons (Fsp3) is 0.500. The number of carboxylic acids is 1. The van der Waals surface area contributed by atoms with E-state index in [0.29, 0.717) is 5.75 Å². The smallest absolute Gasteiger partial charge is 0.339 e. The summed E-state index contributed by atoms with van der Waals surface area (Å²) in [5.41, 5.74) is 7.11. The second-order valence-electron chi connectivity index (χ2n) is 9.60. The zero-order chi connectivity index (χ0) is 26.0. The summed E-state index contributed by atoms with van der Waals surface area (Å²) in [6.07, 6.45) is 3.31. The van der Waals surface area contributed by atoms with Gasteiger partial charge in [-0.2, -0.15) is 5.10 Å². The van der Waals surface area contributed by atoms with Gasteiger partial charge in [0.25, 0.3) is 0 Å². The molecule has 7 heteroatoms. The van der Waals surface area contributed by atoms with Crippen LogP contribution in [0.1, 0.15) is 82.3 Å². The monoisotopic (exact) mass is 483 g/mol. The molecular formula is C28H41N3O4. The van der Waals surface area contributed by atoms with Gasteiger partial charge in [-0.1, -0.05) is 46.6 Å². The number of benzene rings is 2. The lowest BCUT2D eigenvalue weighted by Crippen LogP contribution is -2.27. The van der Waals surface area contributed by atoms with Gasteiger partial charge in [0.15, 0.2) is 0 Å². The number of aromatic carboxylic acids is 1. The van der Waals surface area contributed by atoms with Crippen LogP contribution in [0.3, 0.4) is 0 Å². The largest absolute Gasteiger partial charge is 0.507 e. The molecular weight excluding hydrogens is 442 g/mol. The highest BCUT2D eigenvalue weighted by Gasteiger charge is 2.22. The molecule has 2 aromatic rings. The van der Waals surface area contributed by atoms with Crippen LogP contribution in [0.2, 0.25) is 0 Å². The van der Waals surface area contributed by atoms with Gasteiger partial charge >= 0.3 is 5.97 Å². The number of hydrogen-bond acceptors (Lipinski definition) is 6. The van der Waals surface area contributed by atoms with Crippen molar-refractivity contribution in [3.63, 3.8) is 0 Å². The first kappa shape index (κ1) is 28.0. The van der Waals surface area contributed by atoms with Crippen molar-refractivity contribution in [2.24, 2.45) is 5.10 Å². The number of phenols is 1. The van der Waals surface area contributed by atoms with E-state index in [9.17, 15) is 9.90 Å². The number of nitrogens with one attached hydrogen (secondary N) is 1. The van der Waals surface area contributed by atoms with Crippen LogP contribution < -0.4 is 15.1 Å². The van der Waals surface area contributed by atoms with E-state index < -0.39 is 5.97 Å². The Balaban J connectivity index is 2.38. The highest BCUT2D eigenvalue weighted by Crippen LogP contribution is 2.33. The molecule has 0 atom stereocenters. The number of anilines is 1. The standard InChI is InChI=1S/C28H41N3O4/c1-7-10-11-16-29-30-24(19-35-21-13-14-22(27(33)34)26(32)18-21)20-12-15-25(31(8-2)9-3)23(17-20)28(4,5)6/h12-15,17-18,29,32H,7-11,16,19H2,1-6H3,(H,33,34). The number of carbonyl (C=O) groups is 1. The molecule has 0 aliphatic carbocycles. The van der Waals surface area contributed by atoms with E-state index in [-0.39, 0.29) is 23.3 Å². The average molecular weight is 484 g/mol. The van der Waals surface area contributed by atoms with Crippen molar-refractivity contribution in [3.8, 4) is 11.5 Å². The fourth-order valence-corrected chi connectivity index (χ4v) is 3.88. The van der Waals surface area contributed by atoms with Crippen LogP contribution in [-0.4, -0.2) is 48.1 Å². The van der Waals surface area contributed by atoms with Gasteiger partial charge in [-0.15, -0.1) is 0 Å². The Morgan fingerprint density at radius 3 is 2.34 bits per heavy atom. The Labute approximate surface area is 209 Å². The molecule has 0 spiro atoms. The summed E-state index contributed by atoms with van der Waals surface area (Å²) in [4.78, 5) is 13.5. The van der Waals surface area contributed by atoms with Crippen LogP contribution >= 0.6 is 0 Å². The van der Waals surface area contributed by atoms with Gasteiger partial charge in [-0.05, 0) is 55.5 Å². The maximum Gasteiger partial charge on any atom is 0.339 e. The van der Waals surface area contributed by atoms with E-state index in [2.05, 4.69) is 75.2 Å². The molecule has 0 radical (unpaired) electrons. The van der Waals surface area contributed by atoms with Crippen molar-refractivity contribution in [1.29, 1.82) is 0 Å². The predicted molar refractivity (Wildman–Crippen MR) is 143 cm³/mol. The zero-order valence-corrected chi connectivity index (χ0v) is 22.0. The van der Waals surface area contributed by atoms with Crippen molar-refractivity contribution < 1.29 is 19.7 Å². The third-order valence-corrected chi connectivity index (χ3v) is 5.92. The van der Waals surface area contributed by atoms with Crippen LogP contribution in [0.4, 0.5) is 5.69 Å². The molecule has 192 valence electrons. The quantitative estimate of drug-likeness (QED) is 0.189. The average Bonchev–Trinajstić information content (AvgIpc) is 2.81. The minimum Gasteiger partial charge on any atom is -0.507 e. The van der Waals surface area contributed by atoms with Crippen LogP contribution in [0.5, 0.6) is 11.5 Å². The van der Waals surface area contributed by atoms with E-state index in [1.165, 1.54) is 23.4 Å². The summed E-state index contributed by atoms with van der Waals surface area (Å²) >= 11 is 0. The van der Waals surface area contributed by atoms with E-state index in [4.69, 9.17) is 9.84 Å². The highest BCUT2D eigenvalue weighted by atomic mass is 16.5. The zero-order valence-electron chi connectivity index (χ0n) is 22.0. The highest BCUT2D eigenvalue weighted by molar-refractivity contribution is 6.02. The van der Waals surface area contributed by atoms with Crippen molar-refractivity contribution >= 4 is 17.4 Å². The SMILES string of the molecule is CCCCCNN=C(COc1ccc(C(=O)O)c(O)c1)c1ccc(N(CC)CC)c(C(C)(C)C)c1. The molecule has 0 unspecified atom stereocenters. The van der Waals surface area contributed by atoms with Crippen LogP contribution in [0.15, 0.2) is 41.5 Å². The Morgan fingerprint density at radius 2 is 1.77 bits per heavy atom. The Kier molecular flexibility index (Phi) is 10.4. The minimum absolute atomic E-state index is 0.0626. The van der Waals surface area contributed by atoms with Gasteiger partial charge in [0.1, 0.15) is 29.4 Å². The molecule has 0 fully saturated rings. The predicted octanol–water partition coefficient (Wildman–Crippen LogP) is 5.80. The minimum atomic E-state index is -1.18. The molecule has 3 N–H and O–H groups in total. The van der Waals surface area contributed by atoms with E-state index in [1.54, 1.807) is 6.07 Å². The maximum absolute atomic E-state index is 11.2. The van der Waals surface area contributed by atoms with E-state index >= 15 is 0 Å². The molecule has 0 amide bonds. The van der Waals surface area contributed by atoms with E-state index in [0.717, 1.165) is 50.2 Å². The lowest BCUT2D eigenvalue weighted by molar-refractivity contribution is 0.0693. The molecule has 0 aromatic heterocycles. The number of unbranched alkanes of at least 4 members (excludes halogenated alkanes) is 2. The molecule has 7 nitrogen and oxygen atoms in total. The lowest BCUT2D eigenvalue weighted by Gasteiger charge is -2.30. The number of rotatable bonds is 13. The maximum atomic E-state index is 11.2. The number of hydrazone groups is 1. The Morgan fingerprint density at radius 1 is 1.06 bits per heavy atom. The van der Waals surface area contributed by atoms with Crippen molar-refractivity contribution in [1.82, 2.24) is 5.43 Å². The van der Waals surface area contributed by atoms with Crippen molar-refractivity contribution in [2.45, 2.75) is 66.2 Å². The summed E-state index contributed by atoms with van der Waals surface area (Å²) in [7, 11) is 0. The molecule has 35 heavy (non-hydrogen) atoms. The van der Waals surface area contributed by atoms with Gasteiger partial charge < -0.3 is 25.3 Å². The van der Waals surface area contributed by atoms with Crippen molar-refractivity contribution in [2.75, 3.05) is 31.1 Å². The number of hydrogen-bond donors (Lipinski definition) is 3. The summed E-state index contributed by atoms with van der Waals surface area (Å²) in [5.74, 6) is -1.14. The van der Waals surface area contributed by atoms with Crippen LogP contribution in [-0.2, 0) is 5.41 Å². The Hall–Kier alpha value is -3.22. The molecule has 2 aromatic carbocycles. The lowest BCUT2D eigenvalue weighted by atomic mass is 9.84. The fourth-order valence-electron chi connectivity index (χ4n) is 3.88. The van der Waals surface area contributed by atoms with Gasteiger partial charge in [0, 0.05) is 37.0 Å². The van der Waals surface area contributed by atoms with Crippen LogP contribution in [0.25, 0.3) is 0 Å². The molecule has 0 saturated heterocycles. The first-order valence-corrected chi connectivity index (χ1v) is 12.5. The number of aromatic hydroxyl groups is 1. The van der Waals surface area contributed by atoms with Crippen LogP contribution in [0, 0.1) is 0 Å². The summed E-state index contributed by atoms with van der Waals surface area (Å²) in [6.45, 7) is 15.9. The molecule has 0 saturated carbocycles. The molecule has 2 rings (SSSR count). The van der Waals surface area contributed by atoms with Gasteiger partial charge in [0.2, 0.25) is 0 Å². The number of carboxylic acid groups (broad SMARTS) is 1.